The summed E-state index contributed by atoms with van der Waals surface area (Å²) in [5, 5.41) is 26.1. The molecule has 0 bridgehead atoms. The van der Waals surface area contributed by atoms with Gasteiger partial charge in [0, 0.05) is 36.8 Å². The van der Waals surface area contributed by atoms with Gasteiger partial charge in [-0.1, -0.05) is 27.7 Å². The molecule has 0 heterocycles. The molecule has 0 aliphatic rings. The molecule has 0 saturated carbocycles. The average Bonchev–Trinajstić information content (AvgIpc) is 2.60. The highest BCUT2D eigenvalue weighted by atomic mass is 16.5. The third-order valence-electron chi connectivity index (χ3n) is 3.57. The lowest BCUT2D eigenvalue weighted by Crippen LogP contribution is -2.35. The van der Waals surface area contributed by atoms with Crippen LogP contribution in [0.15, 0.2) is 18.2 Å². The summed E-state index contributed by atoms with van der Waals surface area (Å²) in [6.45, 7) is 8.84. The molecule has 0 aliphatic carbocycles. The number of amides is 1. The summed E-state index contributed by atoms with van der Waals surface area (Å²) >= 11 is 0. The smallest absolute Gasteiger partial charge is 0.248 e. The molecule has 0 saturated heterocycles. The van der Waals surface area contributed by atoms with Crippen molar-refractivity contribution in [3.63, 3.8) is 0 Å². The quantitative estimate of drug-likeness (QED) is 0.331. The van der Waals surface area contributed by atoms with E-state index in [4.69, 9.17) is 15.2 Å². The van der Waals surface area contributed by atoms with Crippen molar-refractivity contribution in [2.45, 2.75) is 52.0 Å². The lowest BCUT2D eigenvalue weighted by Gasteiger charge is -2.17. The van der Waals surface area contributed by atoms with Crippen LogP contribution in [0.3, 0.4) is 0 Å². The van der Waals surface area contributed by atoms with Gasteiger partial charge >= 0.3 is 0 Å². The van der Waals surface area contributed by atoms with Crippen LogP contribution < -0.4 is 25.8 Å². The Morgan fingerprint density at radius 2 is 1.33 bits per heavy atom. The maximum Gasteiger partial charge on any atom is 0.248 e. The summed E-state index contributed by atoms with van der Waals surface area (Å²) in [5.74, 6) is 0.105. The number of nitrogens with two attached hydrogens (primary N) is 1. The topological polar surface area (TPSA) is 126 Å². The van der Waals surface area contributed by atoms with Crippen LogP contribution in [0, 0.1) is 0 Å². The monoisotopic (exact) mass is 383 g/mol. The Labute approximate surface area is 161 Å². The van der Waals surface area contributed by atoms with Crippen molar-refractivity contribution >= 4 is 5.91 Å². The molecular formula is C19H33N3O5. The molecule has 0 aromatic heterocycles. The fourth-order valence-electron chi connectivity index (χ4n) is 2.13. The lowest BCUT2D eigenvalue weighted by atomic mass is 10.2. The van der Waals surface area contributed by atoms with E-state index in [0.717, 1.165) is 0 Å². The molecule has 0 spiro atoms. The summed E-state index contributed by atoms with van der Waals surface area (Å²) < 4.78 is 11.1. The predicted molar refractivity (Wildman–Crippen MR) is 104 cm³/mol. The van der Waals surface area contributed by atoms with Crippen LogP contribution in [0.2, 0.25) is 0 Å². The lowest BCUT2D eigenvalue weighted by molar-refractivity contribution is 0.0983. The molecule has 0 radical (unpaired) electrons. The average molecular weight is 383 g/mol. The number of carbonyl (C=O) groups excluding carboxylic acids is 1. The Balaban J connectivity index is 2.66. The maximum atomic E-state index is 11.5. The molecule has 1 rings (SSSR count). The van der Waals surface area contributed by atoms with E-state index in [1.165, 1.54) is 12.1 Å². The first-order chi connectivity index (χ1) is 12.7. The van der Waals surface area contributed by atoms with Gasteiger partial charge in [-0.15, -0.1) is 0 Å². The SMILES string of the molecule is CC(C)NC[C@@H](O)COc1cc(OC[C@H](O)CNC(C)C)cc(C(N)=O)c1. The van der Waals surface area contributed by atoms with Gasteiger partial charge in [0.15, 0.2) is 0 Å². The van der Waals surface area contributed by atoms with Gasteiger partial charge in [0.1, 0.15) is 36.9 Å². The number of aliphatic hydroxyl groups is 2. The van der Waals surface area contributed by atoms with E-state index < -0.39 is 18.1 Å². The largest absolute Gasteiger partial charge is 0.491 e. The van der Waals surface area contributed by atoms with Crippen molar-refractivity contribution in [3.8, 4) is 11.5 Å². The molecule has 154 valence electrons. The van der Waals surface area contributed by atoms with E-state index in [0.29, 0.717) is 24.6 Å². The molecule has 0 unspecified atom stereocenters. The number of rotatable bonds is 13. The number of nitrogens with one attached hydrogen (secondary N) is 2. The van der Waals surface area contributed by atoms with Crippen LogP contribution in [-0.2, 0) is 0 Å². The Kier molecular flexibility index (Phi) is 10.1. The highest BCUT2D eigenvalue weighted by molar-refractivity contribution is 5.93. The maximum absolute atomic E-state index is 11.5. The van der Waals surface area contributed by atoms with E-state index in [1.807, 2.05) is 27.7 Å². The van der Waals surface area contributed by atoms with Crippen LogP contribution >= 0.6 is 0 Å². The second-order valence-electron chi connectivity index (χ2n) is 7.11. The molecule has 8 nitrogen and oxygen atoms in total. The number of primary amides is 1. The van der Waals surface area contributed by atoms with E-state index in [1.54, 1.807) is 6.07 Å². The third kappa shape index (κ3) is 10.1. The molecule has 6 N–H and O–H groups in total. The van der Waals surface area contributed by atoms with Crippen LogP contribution in [0.5, 0.6) is 11.5 Å². The zero-order valence-electron chi connectivity index (χ0n) is 16.6. The van der Waals surface area contributed by atoms with Gasteiger partial charge in [-0.3, -0.25) is 4.79 Å². The normalized spacial score (nSPS) is 13.6. The fraction of sp³-hybridized carbons (Fsp3) is 0.632. The zero-order valence-corrected chi connectivity index (χ0v) is 16.6. The van der Waals surface area contributed by atoms with E-state index in [-0.39, 0.29) is 30.9 Å². The molecule has 1 aromatic rings. The van der Waals surface area contributed by atoms with Crippen LogP contribution in [-0.4, -0.2) is 66.7 Å². The molecule has 2 atom stereocenters. The van der Waals surface area contributed by atoms with Gasteiger partial charge in [0.2, 0.25) is 5.91 Å². The summed E-state index contributed by atoms with van der Waals surface area (Å²) in [5.41, 5.74) is 5.59. The standard InChI is InChI=1S/C19H33N3O5/c1-12(2)21-8-15(23)10-26-17-5-14(19(20)25)6-18(7-17)27-11-16(24)9-22-13(3)4/h5-7,12-13,15-16,21-24H,8-11H2,1-4H3,(H2,20,25)/t15-,16-/m1/s1. The van der Waals surface area contributed by atoms with Crippen molar-refractivity contribution in [1.82, 2.24) is 10.6 Å². The van der Waals surface area contributed by atoms with Gasteiger partial charge in [-0.25, -0.2) is 0 Å². The van der Waals surface area contributed by atoms with Gasteiger partial charge in [-0.2, -0.15) is 0 Å². The molecule has 27 heavy (non-hydrogen) atoms. The van der Waals surface area contributed by atoms with Crippen molar-refractivity contribution in [1.29, 1.82) is 0 Å². The summed E-state index contributed by atoms with van der Waals surface area (Å²) in [7, 11) is 0. The Morgan fingerprint density at radius 3 is 1.67 bits per heavy atom. The molecule has 0 fully saturated rings. The Bertz CT molecular complexity index is 540. The Morgan fingerprint density at radius 1 is 0.926 bits per heavy atom. The number of benzene rings is 1. The number of hydrogen-bond donors (Lipinski definition) is 5. The molecule has 8 heteroatoms. The van der Waals surface area contributed by atoms with Gasteiger partial charge in [-0.05, 0) is 12.1 Å². The molecule has 0 aliphatic heterocycles. The molecule has 1 aromatic carbocycles. The highest BCUT2D eigenvalue weighted by Gasteiger charge is 2.12. The van der Waals surface area contributed by atoms with E-state index >= 15 is 0 Å². The van der Waals surface area contributed by atoms with Gasteiger partial charge in [0.05, 0.1) is 0 Å². The Hall–Kier alpha value is -1.87. The van der Waals surface area contributed by atoms with Crippen molar-refractivity contribution < 1.29 is 24.5 Å². The number of hydrogen-bond acceptors (Lipinski definition) is 7. The second-order valence-corrected chi connectivity index (χ2v) is 7.11. The summed E-state index contributed by atoms with van der Waals surface area (Å²) in [6.07, 6.45) is -1.39. The van der Waals surface area contributed by atoms with Crippen LogP contribution in [0.25, 0.3) is 0 Å². The zero-order chi connectivity index (χ0) is 20.4. The molecular weight excluding hydrogens is 350 g/mol. The van der Waals surface area contributed by atoms with Crippen molar-refractivity contribution in [2.75, 3.05) is 26.3 Å². The number of aliphatic hydroxyl groups excluding tert-OH is 2. The van der Waals surface area contributed by atoms with Gasteiger partial charge in [0.25, 0.3) is 0 Å². The minimum atomic E-state index is -0.696. The van der Waals surface area contributed by atoms with Gasteiger partial charge < -0.3 is 36.1 Å². The summed E-state index contributed by atoms with van der Waals surface area (Å²) in [6, 6.07) is 5.10. The molecule has 1 amide bonds. The first-order valence-corrected chi connectivity index (χ1v) is 9.20. The number of ether oxygens (including phenoxy) is 2. The third-order valence-corrected chi connectivity index (χ3v) is 3.57. The van der Waals surface area contributed by atoms with Crippen LogP contribution in [0.1, 0.15) is 38.1 Å². The van der Waals surface area contributed by atoms with E-state index in [9.17, 15) is 15.0 Å². The minimum Gasteiger partial charge on any atom is -0.491 e. The fourth-order valence-corrected chi connectivity index (χ4v) is 2.13. The van der Waals surface area contributed by atoms with Crippen molar-refractivity contribution in [3.05, 3.63) is 23.8 Å². The summed E-state index contributed by atoms with van der Waals surface area (Å²) in [4.78, 5) is 11.5. The highest BCUT2D eigenvalue weighted by Crippen LogP contribution is 2.23. The van der Waals surface area contributed by atoms with E-state index in [2.05, 4.69) is 10.6 Å². The second kappa shape index (κ2) is 11.8. The minimum absolute atomic E-state index is 0.0578. The number of carbonyl (C=O) groups is 1. The predicted octanol–water partition coefficient (Wildman–Crippen LogP) is 0.261. The first-order valence-electron chi connectivity index (χ1n) is 9.20. The van der Waals surface area contributed by atoms with Crippen molar-refractivity contribution in [2.24, 2.45) is 5.73 Å². The first kappa shape index (κ1) is 23.2. The van der Waals surface area contributed by atoms with Crippen LogP contribution in [0.4, 0.5) is 0 Å².